The minimum atomic E-state index is -0.515. The Balaban J connectivity index is 1.33. The second-order valence-corrected chi connectivity index (χ2v) is 8.39. The average molecular weight is 516 g/mol. The summed E-state index contributed by atoms with van der Waals surface area (Å²) in [5.74, 6) is -0.0272. The third kappa shape index (κ3) is 6.08. The minimum absolute atomic E-state index is 0.200. The standard InChI is InChI=1S/C27H22BrN3O3/c28-22-13-11-19(12-14-22)24-16-15-23(34-24)17-30-31-25(32)18-29-27(33)26(20-7-3-1-4-8-20)21-9-5-2-6-10-21/h1-17,26H,18H2,(H,29,33)(H,31,32). The summed E-state index contributed by atoms with van der Waals surface area (Å²) in [5.41, 5.74) is 5.04. The maximum atomic E-state index is 13.0. The molecule has 7 heteroatoms. The first-order valence-electron chi connectivity index (χ1n) is 10.7. The number of rotatable bonds is 8. The molecule has 170 valence electrons. The van der Waals surface area contributed by atoms with E-state index in [0.29, 0.717) is 11.5 Å². The molecule has 2 N–H and O–H groups in total. The lowest BCUT2D eigenvalue weighted by Crippen LogP contribution is -2.37. The lowest BCUT2D eigenvalue weighted by atomic mass is 9.90. The predicted octanol–water partition coefficient (Wildman–Crippen LogP) is 5.11. The number of carbonyl (C=O) groups excluding carboxylic acids is 2. The highest BCUT2D eigenvalue weighted by molar-refractivity contribution is 9.10. The van der Waals surface area contributed by atoms with Gasteiger partial charge >= 0.3 is 0 Å². The van der Waals surface area contributed by atoms with Gasteiger partial charge in [0.05, 0.1) is 18.7 Å². The van der Waals surface area contributed by atoms with Gasteiger partial charge in [0.25, 0.3) is 5.91 Å². The van der Waals surface area contributed by atoms with Crippen molar-refractivity contribution in [3.8, 4) is 11.3 Å². The number of hydrogen-bond donors (Lipinski definition) is 2. The van der Waals surface area contributed by atoms with E-state index < -0.39 is 11.8 Å². The number of benzene rings is 3. The Labute approximate surface area is 205 Å². The maximum Gasteiger partial charge on any atom is 0.259 e. The van der Waals surface area contributed by atoms with Crippen LogP contribution in [0.4, 0.5) is 0 Å². The van der Waals surface area contributed by atoms with E-state index in [1.807, 2.05) is 91.0 Å². The summed E-state index contributed by atoms with van der Waals surface area (Å²) in [6, 6.07) is 30.3. The van der Waals surface area contributed by atoms with E-state index in [1.54, 1.807) is 6.07 Å². The van der Waals surface area contributed by atoms with Crippen LogP contribution < -0.4 is 10.7 Å². The zero-order valence-corrected chi connectivity index (χ0v) is 19.7. The predicted molar refractivity (Wildman–Crippen MR) is 135 cm³/mol. The smallest absolute Gasteiger partial charge is 0.259 e. The van der Waals surface area contributed by atoms with Crippen LogP contribution >= 0.6 is 15.9 Å². The van der Waals surface area contributed by atoms with Crippen LogP contribution in [-0.2, 0) is 9.59 Å². The van der Waals surface area contributed by atoms with Crippen LogP contribution in [0.2, 0.25) is 0 Å². The molecule has 6 nitrogen and oxygen atoms in total. The van der Waals surface area contributed by atoms with Crippen LogP contribution in [-0.4, -0.2) is 24.6 Å². The van der Waals surface area contributed by atoms with E-state index in [-0.39, 0.29) is 12.5 Å². The number of furan rings is 1. The fourth-order valence-electron chi connectivity index (χ4n) is 3.45. The lowest BCUT2D eigenvalue weighted by Gasteiger charge is -2.17. The number of hydrazone groups is 1. The molecule has 0 atom stereocenters. The first-order chi connectivity index (χ1) is 16.6. The lowest BCUT2D eigenvalue weighted by molar-refractivity contribution is -0.126. The van der Waals surface area contributed by atoms with E-state index in [4.69, 9.17) is 4.42 Å². The number of nitrogens with one attached hydrogen (secondary N) is 2. The molecule has 0 saturated carbocycles. The molecule has 4 rings (SSSR count). The molecule has 1 aromatic heterocycles. The van der Waals surface area contributed by atoms with Crippen LogP contribution in [0.15, 0.2) is 111 Å². The highest BCUT2D eigenvalue weighted by atomic mass is 79.9. The van der Waals surface area contributed by atoms with Crippen molar-refractivity contribution in [2.75, 3.05) is 6.54 Å². The molecule has 0 aliphatic heterocycles. The highest BCUT2D eigenvalue weighted by Crippen LogP contribution is 2.25. The first kappa shape index (κ1) is 23.2. The molecule has 34 heavy (non-hydrogen) atoms. The number of amides is 2. The van der Waals surface area contributed by atoms with Gasteiger partial charge in [-0.1, -0.05) is 88.7 Å². The minimum Gasteiger partial charge on any atom is -0.455 e. The summed E-state index contributed by atoms with van der Waals surface area (Å²) in [6.07, 6.45) is 1.42. The fourth-order valence-corrected chi connectivity index (χ4v) is 3.72. The molecule has 0 saturated heterocycles. The third-order valence-electron chi connectivity index (χ3n) is 5.09. The molecule has 1 heterocycles. The van der Waals surface area contributed by atoms with Gasteiger partial charge in [0.15, 0.2) is 0 Å². The summed E-state index contributed by atoms with van der Waals surface area (Å²) >= 11 is 3.41. The number of halogens is 1. The van der Waals surface area contributed by atoms with Gasteiger partial charge < -0.3 is 9.73 Å². The normalized spacial score (nSPS) is 11.0. The number of hydrogen-bond acceptors (Lipinski definition) is 4. The van der Waals surface area contributed by atoms with Gasteiger partial charge in [-0.15, -0.1) is 0 Å². The monoisotopic (exact) mass is 515 g/mol. The topological polar surface area (TPSA) is 83.7 Å². The van der Waals surface area contributed by atoms with Crippen molar-refractivity contribution in [1.82, 2.24) is 10.7 Å². The molecule has 0 spiro atoms. The van der Waals surface area contributed by atoms with Gasteiger partial charge in [0.2, 0.25) is 5.91 Å². The summed E-state index contributed by atoms with van der Waals surface area (Å²) in [7, 11) is 0. The Hall–Kier alpha value is -3.97. The second-order valence-electron chi connectivity index (χ2n) is 7.47. The van der Waals surface area contributed by atoms with Crippen molar-refractivity contribution in [3.05, 3.63) is 118 Å². The molecule has 2 amide bonds. The van der Waals surface area contributed by atoms with Crippen molar-refractivity contribution in [1.29, 1.82) is 0 Å². The molecule has 0 aliphatic rings. The Morgan fingerprint density at radius 2 is 1.47 bits per heavy atom. The fraction of sp³-hybridized carbons (Fsp3) is 0.0741. The van der Waals surface area contributed by atoms with Crippen molar-refractivity contribution in [2.24, 2.45) is 5.10 Å². The third-order valence-corrected chi connectivity index (χ3v) is 5.62. The summed E-state index contributed by atoms with van der Waals surface area (Å²) in [4.78, 5) is 25.2. The Morgan fingerprint density at radius 1 is 0.853 bits per heavy atom. The van der Waals surface area contributed by atoms with Gasteiger partial charge in [-0.05, 0) is 35.4 Å². The van der Waals surface area contributed by atoms with E-state index in [1.165, 1.54) is 6.21 Å². The Bertz CT molecular complexity index is 1230. The molecule has 0 radical (unpaired) electrons. The largest absolute Gasteiger partial charge is 0.455 e. The van der Waals surface area contributed by atoms with Gasteiger partial charge in [-0.2, -0.15) is 5.10 Å². The zero-order chi connectivity index (χ0) is 23.8. The van der Waals surface area contributed by atoms with Crippen molar-refractivity contribution in [3.63, 3.8) is 0 Å². The number of nitrogens with zero attached hydrogens (tertiary/aromatic N) is 1. The number of carbonyl (C=O) groups is 2. The van der Waals surface area contributed by atoms with E-state index in [0.717, 1.165) is 21.2 Å². The zero-order valence-electron chi connectivity index (χ0n) is 18.1. The Morgan fingerprint density at radius 3 is 2.09 bits per heavy atom. The highest BCUT2D eigenvalue weighted by Gasteiger charge is 2.22. The molecular formula is C27H22BrN3O3. The quantitative estimate of drug-likeness (QED) is 0.252. The van der Waals surface area contributed by atoms with Crippen LogP contribution in [0.25, 0.3) is 11.3 Å². The van der Waals surface area contributed by atoms with Gasteiger partial charge in [0.1, 0.15) is 11.5 Å². The van der Waals surface area contributed by atoms with Crippen molar-refractivity contribution < 1.29 is 14.0 Å². The molecule has 0 aliphatic carbocycles. The van der Waals surface area contributed by atoms with E-state index >= 15 is 0 Å². The van der Waals surface area contributed by atoms with E-state index in [2.05, 4.69) is 31.8 Å². The van der Waals surface area contributed by atoms with Crippen LogP contribution in [0, 0.1) is 0 Å². The van der Waals surface area contributed by atoms with Gasteiger partial charge in [-0.3, -0.25) is 9.59 Å². The first-order valence-corrected chi connectivity index (χ1v) is 11.4. The summed E-state index contributed by atoms with van der Waals surface area (Å²) < 4.78 is 6.72. The average Bonchev–Trinajstić information content (AvgIpc) is 3.34. The van der Waals surface area contributed by atoms with Gasteiger partial charge in [0, 0.05) is 10.0 Å². The van der Waals surface area contributed by atoms with Crippen molar-refractivity contribution in [2.45, 2.75) is 5.92 Å². The SMILES string of the molecule is O=C(CNC(=O)C(c1ccccc1)c1ccccc1)NN=Cc1ccc(-c2ccc(Br)cc2)o1. The van der Waals surface area contributed by atoms with Gasteiger partial charge in [-0.25, -0.2) is 5.43 Å². The summed E-state index contributed by atoms with van der Waals surface area (Å²) in [6.45, 7) is -0.200. The van der Waals surface area contributed by atoms with Crippen LogP contribution in [0.3, 0.4) is 0 Å². The second kappa shape index (κ2) is 11.2. The van der Waals surface area contributed by atoms with Crippen LogP contribution in [0.5, 0.6) is 0 Å². The Kier molecular flexibility index (Phi) is 7.67. The summed E-state index contributed by atoms with van der Waals surface area (Å²) in [5, 5.41) is 6.63. The molecule has 0 fully saturated rings. The molecule has 3 aromatic carbocycles. The molecule has 0 unspecified atom stereocenters. The van der Waals surface area contributed by atoms with E-state index in [9.17, 15) is 9.59 Å². The van der Waals surface area contributed by atoms with Crippen molar-refractivity contribution >= 4 is 34.0 Å². The van der Waals surface area contributed by atoms with Crippen LogP contribution in [0.1, 0.15) is 22.8 Å². The maximum absolute atomic E-state index is 13.0. The molecule has 4 aromatic rings. The molecular weight excluding hydrogens is 494 g/mol. The molecule has 0 bridgehead atoms.